The SMILES string of the molecule is Cc1ccc(S(=O)(=O)N[C@H](C)c2ccc(Br)cc2)c(C)c1. The molecule has 2 rings (SSSR count). The number of nitrogens with one attached hydrogen (secondary N) is 1. The molecule has 0 saturated carbocycles. The summed E-state index contributed by atoms with van der Waals surface area (Å²) in [6, 6.07) is 12.7. The van der Waals surface area contributed by atoms with Gasteiger partial charge in [-0.15, -0.1) is 0 Å². The molecule has 0 aliphatic carbocycles. The van der Waals surface area contributed by atoms with Gasteiger partial charge in [-0.3, -0.25) is 0 Å². The van der Waals surface area contributed by atoms with Gasteiger partial charge in [0.25, 0.3) is 0 Å². The molecule has 0 amide bonds. The fourth-order valence-electron chi connectivity index (χ4n) is 2.22. The van der Waals surface area contributed by atoms with Crippen LogP contribution in [0.25, 0.3) is 0 Å². The van der Waals surface area contributed by atoms with Crippen molar-refractivity contribution in [2.75, 3.05) is 0 Å². The molecular weight excluding hydrogens is 350 g/mol. The lowest BCUT2D eigenvalue weighted by Gasteiger charge is -2.16. The van der Waals surface area contributed by atoms with Crippen molar-refractivity contribution in [2.24, 2.45) is 0 Å². The molecule has 0 heterocycles. The number of halogens is 1. The lowest BCUT2D eigenvalue weighted by Crippen LogP contribution is -2.27. The van der Waals surface area contributed by atoms with Gasteiger partial charge in [0, 0.05) is 10.5 Å². The van der Waals surface area contributed by atoms with Crippen molar-refractivity contribution in [3.05, 3.63) is 63.6 Å². The predicted molar refractivity (Wildman–Crippen MR) is 88.8 cm³/mol. The van der Waals surface area contributed by atoms with E-state index in [1.54, 1.807) is 6.07 Å². The first-order chi connectivity index (χ1) is 9.79. The minimum atomic E-state index is -3.53. The highest BCUT2D eigenvalue weighted by Gasteiger charge is 2.20. The highest BCUT2D eigenvalue weighted by Crippen LogP contribution is 2.21. The molecule has 1 atom stereocenters. The molecule has 0 fully saturated rings. The maximum absolute atomic E-state index is 12.5. The van der Waals surface area contributed by atoms with E-state index < -0.39 is 10.0 Å². The third-order valence-corrected chi connectivity index (χ3v) is 5.55. The van der Waals surface area contributed by atoms with Crippen molar-refractivity contribution in [1.82, 2.24) is 4.72 Å². The van der Waals surface area contributed by atoms with E-state index in [9.17, 15) is 8.42 Å². The summed E-state index contributed by atoms with van der Waals surface area (Å²) in [6.45, 7) is 5.59. The van der Waals surface area contributed by atoms with Gasteiger partial charge in [-0.05, 0) is 50.1 Å². The normalized spacial score (nSPS) is 13.1. The summed E-state index contributed by atoms with van der Waals surface area (Å²) in [4.78, 5) is 0.331. The van der Waals surface area contributed by atoms with Crippen LogP contribution in [-0.2, 0) is 10.0 Å². The first-order valence-electron chi connectivity index (χ1n) is 6.64. The first kappa shape index (κ1) is 16.2. The van der Waals surface area contributed by atoms with Crippen molar-refractivity contribution in [3.8, 4) is 0 Å². The molecule has 1 N–H and O–H groups in total. The molecule has 0 radical (unpaired) electrons. The number of rotatable bonds is 4. The van der Waals surface area contributed by atoms with E-state index in [1.165, 1.54) is 0 Å². The average Bonchev–Trinajstić information content (AvgIpc) is 2.38. The van der Waals surface area contributed by atoms with E-state index in [0.717, 1.165) is 21.2 Å². The zero-order chi connectivity index (χ0) is 15.6. The minimum Gasteiger partial charge on any atom is -0.207 e. The number of aryl methyl sites for hydroxylation is 2. The summed E-state index contributed by atoms with van der Waals surface area (Å²) in [7, 11) is -3.53. The van der Waals surface area contributed by atoms with Gasteiger partial charge in [0.15, 0.2) is 0 Å². The third-order valence-electron chi connectivity index (χ3n) is 3.32. The van der Waals surface area contributed by atoms with E-state index in [-0.39, 0.29) is 6.04 Å². The van der Waals surface area contributed by atoms with E-state index in [0.29, 0.717) is 4.90 Å². The molecule has 112 valence electrons. The molecule has 3 nitrogen and oxygen atoms in total. The van der Waals surface area contributed by atoms with Gasteiger partial charge >= 0.3 is 0 Å². The molecule has 2 aromatic carbocycles. The Morgan fingerprint density at radius 3 is 2.24 bits per heavy atom. The van der Waals surface area contributed by atoms with E-state index >= 15 is 0 Å². The van der Waals surface area contributed by atoms with Gasteiger partial charge in [0.05, 0.1) is 4.90 Å². The second-order valence-corrected chi connectivity index (χ2v) is 7.76. The average molecular weight is 368 g/mol. The van der Waals surface area contributed by atoms with Crippen LogP contribution in [0.3, 0.4) is 0 Å². The molecule has 0 bridgehead atoms. The van der Waals surface area contributed by atoms with Crippen molar-refractivity contribution in [3.63, 3.8) is 0 Å². The topological polar surface area (TPSA) is 46.2 Å². The number of benzene rings is 2. The Morgan fingerprint density at radius 1 is 1.05 bits per heavy atom. The molecule has 0 aromatic heterocycles. The standard InChI is InChI=1S/C16H18BrNO2S/c1-11-4-9-16(12(2)10-11)21(19,20)18-13(3)14-5-7-15(17)8-6-14/h4-10,13,18H,1-3H3/t13-/m1/s1. The van der Waals surface area contributed by atoms with Crippen LogP contribution in [0.2, 0.25) is 0 Å². The molecule has 0 saturated heterocycles. The highest BCUT2D eigenvalue weighted by molar-refractivity contribution is 9.10. The van der Waals surface area contributed by atoms with Crippen molar-refractivity contribution in [2.45, 2.75) is 31.7 Å². The Labute approximate surface area is 134 Å². The van der Waals surface area contributed by atoms with E-state index in [1.807, 2.05) is 57.2 Å². The largest absolute Gasteiger partial charge is 0.241 e. The molecule has 0 unspecified atom stereocenters. The molecule has 0 aliphatic heterocycles. The molecular formula is C16H18BrNO2S. The lowest BCUT2D eigenvalue weighted by molar-refractivity contribution is 0.566. The minimum absolute atomic E-state index is 0.288. The summed E-state index contributed by atoms with van der Waals surface area (Å²) < 4.78 is 28.7. The smallest absolute Gasteiger partial charge is 0.207 e. The molecule has 21 heavy (non-hydrogen) atoms. The van der Waals surface area contributed by atoms with E-state index in [2.05, 4.69) is 20.7 Å². The van der Waals surface area contributed by atoms with Gasteiger partial charge in [-0.1, -0.05) is 45.8 Å². The van der Waals surface area contributed by atoms with Crippen molar-refractivity contribution in [1.29, 1.82) is 0 Å². The highest BCUT2D eigenvalue weighted by atomic mass is 79.9. The zero-order valence-electron chi connectivity index (χ0n) is 12.2. The summed E-state index contributed by atoms with van der Waals surface area (Å²) in [6.07, 6.45) is 0. The van der Waals surface area contributed by atoms with Crippen LogP contribution in [0, 0.1) is 13.8 Å². The van der Waals surface area contributed by atoms with Gasteiger partial charge in [0.1, 0.15) is 0 Å². The van der Waals surface area contributed by atoms with Crippen LogP contribution in [0.15, 0.2) is 51.8 Å². The van der Waals surface area contributed by atoms with Crippen molar-refractivity contribution >= 4 is 26.0 Å². The lowest BCUT2D eigenvalue weighted by atomic mass is 10.1. The van der Waals surface area contributed by atoms with Crippen LogP contribution < -0.4 is 4.72 Å². The Kier molecular flexibility index (Phi) is 4.86. The summed E-state index contributed by atoms with van der Waals surface area (Å²) in [5.74, 6) is 0. The maximum atomic E-state index is 12.5. The Morgan fingerprint density at radius 2 is 1.67 bits per heavy atom. The van der Waals surface area contributed by atoms with Gasteiger partial charge in [-0.2, -0.15) is 0 Å². The monoisotopic (exact) mass is 367 g/mol. The van der Waals surface area contributed by atoms with E-state index in [4.69, 9.17) is 0 Å². The summed E-state index contributed by atoms with van der Waals surface area (Å²) in [5, 5.41) is 0. The predicted octanol–water partition coefficient (Wildman–Crippen LogP) is 4.11. The third kappa shape index (κ3) is 3.93. The zero-order valence-corrected chi connectivity index (χ0v) is 14.6. The number of sulfonamides is 1. The Balaban J connectivity index is 2.26. The Bertz CT molecular complexity index is 739. The van der Waals surface area contributed by atoms with Crippen LogP contribution in [0.5, 0.6) is 0 Å². The second kappa shape index (κ2) is 6.30. The van der Waals surface area contributed by atoms with Crippen LogP contribution in [-0.4, -0.2) is 8.42 Å². The van der Waals surface area contributed by atoms with Gasteiger partial charge in [-0.25, -0.2) is 13.1 Å². The number of hydrogen-bond acceptors (Lipinski definition) is 2. The maximum Gasteiger partial charge on any atom is 0.241 e. The molecule has 5 heteroatoms. The van der Waals surface area contributed by atoms with Crippen molar-refractivity contribution < 1.29 is 8.42 Å². The molecule has 0 spiro atoms. The quantitative estimate of drug-likeness (QED) is 0.883. The van der Waals surface area contributed by atoms with Gasteiger partial charge in [0.2, 0.25) is 10.0 Å². The fraction of sp³-hybridized carbons (Fsp3) is 0.250. The first-order valence-corrected chi connectivity index (χ1v) is 8.92. The number of hydrogen-bond donors (Lipinski definition) is 1. The van der Waals surface area contributed by atoms with Crippen LogP contribution in [0.4, 0.5) is 0 Å². The van der Waals surface area contributed by atoms with Gasteiger partial charge < -0.3 is 0 Å². The molecule has 0 aliphatic rings. The second-order valence-electron chi connectivity index (χ2n) is 5.16. The van der Waals surface area contributed by atoms with Crippen LogP contribution >= 0.6 is 15.9 Å². The fourth-order valence-corrected chi connectivity index (χ4v) is 3.94. The molecule has 2 aromatic rings. The summed E-state index contributed by atoms with van der Waals surface area (Å²) in [5.41, 5.74) is 2.73. The summed E-state index contributed by atoms with van der Waals surface area (Å²) >= 11 is 3.37. The van der Waals surface area contributed by atoms with Crippen LogP contribution in [0.1, 0.15) is 29.7 Å². The Hall–Kier alpha value is -1.17.